The Hall–Kier alpha value is -0.960. The molecule has 3 heteroatoms. The molecule has 1 fully saturated rings. The van der Waals surface area contributed by atoms with Crippen LogP contribution < -0.4 is 5.32 Å². The van der Waals surface area contributed by atoms with Gasteiger partial charge in [0.25, 0.3) is 0 Å². The van der Waals surface area contributed by atoms with Crippen LogP contribution in [-0.4, -0.2) is 17.0 Å². The summed E-state index contributed by atoms with van der Waals surface area (Å²) in [5, 5.41) is 4.69. The standard InChI is InChI=1S/C15H20N2S/c1-2-12-10-18-15(16-12)17-14-9-5-7-11-6-3-4-8-13(11)14/h3-4,6,8,12,14H,2,5,7,9-10H2,1H3,(H,16,17). The highest BCUT2D eigenvalue weighted by molar-refractivity contribution is 8.14. The second-order valence-corrected chi connectivity index (χ2v) is 6.11. The number of amidine groups is 1. The summed E-state index contributed by atoms with van der Waals surface area (Å²) in [7, 11) is 0. The van der Waals surface area contributed by atoms with Crippen LogP contribution in [0.2, 0.25) is 0 Å². The van der Waals surface area contributed by atoms with Crippen LogP contribution in [-0.2, 0) is 6.42 Å². The predicted molar refractivity (Wildman–Crippen MR) is 79.2 cm³/mol. The number of benzene rings is 1. The van der Waals surface area contributed by atoms with Crippen molar-refractivity contribution in [3.8, 4) is 0 Å². The van der Waals surface area contributed by atoms with E-state index >= 15 is 0 Å². The normalized spacial score (nSPS) is 29.1. The highest BCUT2D eigenvalue weighted by Crippen LogP contribution is 2.33. The van der Waals surface area contributed by atoms with Gasteiger partial charge < -0.3 is 5.32 Å². The van der Waals surface area contributed by atoms with E-state index in [1.807, 2.05) is 11.8 Å². The summed E-state index contributed by atoms with van der Waals surface area (Å²) < 4.78 is 0. The Kier molecular flexibility index (Phi) is 3.59. The fourth-order valence-corrected chi connectivity index (χ4v) is 3.87. The van der Waals surface area contributed by atoms with Gasteiger partial charge in [-0.2, -0.15) is 0 Å². The quantitative estimate of drug-likeness (QED) is 0.879. The van der Waals surface area contributed by atoms with Gasteiger partial charge >= 0.3 is 0 Å². The van der Waals surface area contributed by atoms with Crippen molar-refractivity contribution in [1.29, 1.82) is 0 Å². The SMILES string of the molecule is CCC1CSC(=NC2CCCc3ccccc32)N1. The van der Waals surface area contributed by atoms with Crippen molar-refractivity contribution in [2.75, 3.05) is 5.75 Å². The molecule has 1 aromatic carbocycles. The first kappa shape index (κ1) is 12.1. The lowest BCUT2D eigenvalue weighted by atomic mass is 9.88. The summed E-state index contributed by atoms with van der Waals surface area (Å²) in [4.78, 5) is 4.94. The van der Waals surface area contributed by atoms with E-state index in [0.29, 0.717) is 12.1 Å². The van der Waals surface area contributed by atoms with Crippen molar-refractivity contribution in [2.24, 2.45) is 4.99 Å². The van der Waals surface area contributed by atoms with Gasteiger partial charge in [-0.1, -0.05) is 43.0 Å². The molecule has 0 saturated carbocycles. The molecule has 0 spiro atoms. The summed E-state index contributed by atoms with van der Waals surface area (Å²) in [6.07, 6.45) is 4.86. The molecule has 1 aliphatic carbocycles. The van der Waals surface area contributed by atoms with Gasteiger partial charge in [0.05, 0.1) is 6.04 Å². The number of rotatable bonds is 2. The molecular weight excluding hydrogens is 240 g/mol. The number of aryl methyl sites for hydroxylation is 1. The third kappa shape index (κ3) is 2.41. The molecule has 0 amide bonds. The van der Waals surface area contributed by atoms with Gasteiger partial charge in [0, 0.05) is 11.8 Å². The van der Waals surface area contributed by atoms with Crippen LogP contribution in [0.5, 0.6) is 0 Å². The fraction of sp³-hybridized carbons (Fsp3) is 0.533. The maximum Gasteiger partial charge on any atom is 0.157 e. The van der Waals surface area contributed by atoms with Crippen molar-refractivity contribution < 1.29 is 0 Å². The molecule has 2 aliphatic rings. The van der Waals surface area contributed by atoms with Gasteiger partial charge in [-0.15, -0.1) is 0 Å². The number of aliphatic imine (C=N–C) groups is 1. The summed E-state index contributed by atoms with van der Waals surface area (Å²) in [5.41, 5.74) is 2.94. The third-order valence-electron chi connectivity index (χ3n) is 3.85. The Labute approximate surface area is 113 Å². The van der Waals surface area contributed by atoms with Crippen LogP contribution in [0, 0.1) is 0 Å². The van der Waals surface area contributed by atoms with Gasteiger partial charge in [-0.3, -0.25) is 4.99 Å². The minimum Gasteiger partial charge on any atom is -0.361 e. The molecule has 1 N–H and O–H groups in total. The minimum atomic E-state index is 0.376. The zero-order valence-electron chi connectivity index (χ0n) is 10.9. The highest BCUT2D eigenvalue weighted by Gasteiger charge is 2.23. The summed E-state index contributed by atoms with van der Waals surface area (Å²) in [6.45, 7) is 2.23. The van der Waals surface area contributed by atoms with Crippen LogP contribution in [0.15, 0.2) is 29.3 Å². The summed E-state index contributed by atoms with van der Waals surface area (Å²) >= 11 is 1.88. The first-order valence-electron chi connectivity index (χ1n) is 6.91. The molecule has 1 saturated heterocycles. The van der Waals surface area contributed by atoms with Crippen LogP contribution in [0.3, 0.4) is 0 Å². The first-order valence-corrected chi connectivity index (χ1v) is 7.90. The topological polar surface area (TPSA) is 24.4 Å². The monoisotopic (exact) mass is 260 g/mol. The molecule has 1 aromatic rings. The molecule has 3 rings (SSSR count). The molecule has 0 bridgehead atoms. The maximum absolute atomic E-state index is 4.94. The van der Waals surface area contributed by atoms with Crippen molar-refractivity contribution >= 4 is 16.9 Å². The second kappa shape index (κ2) is 5.35. The van der Waals surface area contributed by atoms with Gasteiger partial charge in [-0.25, -0.2) is 0 Å². The molecule has 1 heterocycles. The van der Waals surface area contributed by atoms with E-state index in [2.05, 4.69) is 36.5 Å². The van der Waals surface area contributed by atoms with Crippen molar-refractivity contribution in [1.82, 2.24) is 5.32 Å². The van der Waals surface area contributed by atoms with E-state index in [1.165, 1.54) is 42.6 Å². The van der Waals surface area contributed by atoms with Crippen molar-refractivity contribution in [3.63, 3.8) is 0 Å². The minimum absolute atomic E-state index is 0.376. The summed E-state index contributed by atoms with van der Waals surface area (Å²) in [5.74, 6) is 1.17. The largest absolute Gasteiger partial charge is 0.361 e. The number of nitrogens with zero attached hydrogens (tertiary/aromatic N) is 1. The maximum atomic E-state index is 4.94. The Bertz CT molecular complexity index is 456. The second-order valence-electron chi connectivity index (χ2n) is 5.10. The van der Waals surface area contributed by atoms with E-state index in [1.54, 1.807) is 0 Å². The van der Waals surface area contributed by atoms with Crippen molar-refractivity contribution in [3.05, 3.63) is 35.4 Å². The van der Waals surface area contributed by atoms with Gasteiger partial charge in [0.15, 0.2) is 5.17 Å². The molecule has 2 nitrogen and oxygen atoms in total. The average molecular weight is 260 g/mol. The Balaban J connectivity index is 1.80. The fourth-order valence-electron chi connectivity index (χ4n) is 2.74. The molecular formula is C15H20N2S. The summed E-state index contributed by atoms with van der Waals surface area (Å²) in [6, 6.07) is 9.78. The molecule has 2 unspecified atom stereocenters. The molecule has 0 radical (unpaired) electrons. The zero-order valence-corrected chi connectivity index (χ0v) is 11.7. The smallest absolute Gasteiger partial charge is 0.157 e. The van der Waals surface area contributed by atoms with E-state index in [4.69, 9.17) is 4.99 Å². The number of nitrogens with one attached hydrogen (secondary N) is 1. The van der Waals surface area contributed by atoms with Crippen LogP contribution in [0.25, 0.3) is 0 Å². The Morgan fingerprint density at radius 1 is 1.39 bits per heavy atom. The number of thioether (sulfide) groups is 1. The molecule has 1 aliphatic heterocycles. The molecule has 18 heavy (non-hydrogen) atoms. The van der Waals surface area contributed by atoms with Crippen LogP contribution >= 0.6 is 11.8 Å². The Morgan fingerprint density at radius 3 is 3.11 bits per heavy atom. The van der Waals surface area contributed by atoms with E-state index in [9.17, 15) is 0 Å². The van der Waals surface area contributed by atoms with Gasteiger partial charge in [0.2, 0.25) is 0 Å². The van der Waals surface area contributed by atoms with Crippen LogP contribution in [0.4, 0.5) is 0 Å². The lowest BCUT2D eigenvalue weighted by Crippen LogP contribution is -2.26. The average Bonchev–Trinajstić information content (AvgIpc) is 2.87. The van der Waals surface area contributed by atoms with E-state index in [0.717, 1.165) is 5.17 Å². The zero-order chi connectivity index (χ0) is 12.4. The van der Waals surface area contributed by atoms with E-state index < -0.39 is 0 Å². The number of hydrogen-bond donors (Lipinski definition) is 1. The first-order chi connectivity index (χ1) is 8.86. The van der Waals surface area contributed by atoms with Gasteiger partial charge in [0.1, 0.15) is 0 Å². The van der Waals surface area contributed by atoms with Gasteiger partial charge in [-0.05, 0) is 36.8 Å². The lowest BCUT2D eigenvalue weighted by molar-refractivity contribution is 0.569. The van der Waals surface area contributed by atoms with E-state index in [-0.39, 0.29) is 0 Å². The van der Waals surface area contributed by atoms with Crippen molar-refractivity contribution in [2.45, 2.75) is 44.7 Å². The number of hydrogen-bond acceptors (Lipinski definition) is 2. The molecule has 2 atom stereocenters. The lowest BCUT2D eigenvalue weighted by Gasteiger charge is -2.22. The number of fused-ring (bicyclic) bond motifs is 1. The molecule has 0 aromatic heterocycles. The predicted octanol–water partition coefficient (Wildman–Crippen LogP) is 3.54. The molecule has 96 valence electrons. The third-order valence-corrected chi connectivity index (χ3v) is 4.92. The highest BCUT2D eigenvalue weighted by atomic mass is 32.2. The van der Waals surface area contributed by atoms with Crippen LogP contribution in [0.1, 0.15) is 43.4 Å². The Morgan fingerprint density at radius 2 is 2.28 bits per heavy atom.